The molecule has 1 aliphatic rings. The van der Waals surface area contributed by atoms with Crippen molar-refractivity contribution < 1.29 is 9.90 Å². The summed E-state index contributed by atoms with van der Waals surface area (Å²) in [4.78, 5) is 12.6. The van der Waals surface area contributed by atoms with E-state index >= 15 is 0 Å². The van der Waals surface area contributed by atoms with Crippen molar-refractivity contribution in [1.29, 1.82) is 0 Å². The molecule has 0 spiro atoms. The Bertz CT molecular complexity index is 469. The Kier molecular flexibility index (Phi) is 4.62. The number of carbonyl (C=O) groups is 1. The lowest BCUT2D eigenvalue weighted by Crippen LogP contribution is -2.44. The number of thiophene rings is 1. The normalized spacial score (nSPS) is 14.3. The lowest BCUT2D eigenvalue weighted by atomic mass is 9.93. The van der Waals surface area contributed by atoms with E-state index in [1.807, 2.05) is 11.4 Å². The Morgan fingerprint density at radius 1 is 1.56 bits per heavy atom. The van der Waals surface area contributed by atoms with Gasteiger partial charge in [0.1, 0.15) is 6.61 Å². The van der Waals surface area contributed by atoms with Crippen molar-refractivity contribution in [2.24, 2.45) is 0 Å². The van der Waals surface area contributed by atoms with Crippen LogP contribution < -0.4 is 10.6 Å². The third-order valence-electron chi connectivity index (χ3n) is 2.83. The standard InChI is InChI=1S/C13H16N2O2S/c16-6-2-3-10-7-12(18-9-10)8-14-13(17)15-11-4-1-5-11/h7,9,11,16H,1,4-6,8H2,(H2,14,15,17). The van der Waals surface area contributed by atoms with Crippen LogP contribution in [0.2, 0.25) is 0 Å². The largest absolute Gasteiger partial charge is 0.384 e. The van der Waals surface area contributed by atoms with Crippen LogP contribution in [0, 0.1) is 11.8 Å². The van der Waals surface area contributed by atoms with Crippen molar-refractivity contribution in [2.45, 2.75) is 31.8 Å². The first-order valence-corrected chi connectivity index (χ1v) is 6.87. The minimum absolute atomic E-state index is 0.101. The molecule has 2 amide bonds. The van der Waals surface area contributed by atoms with E-state index in [9.17, 15) is 4.79 Å². The predicted molar refractivity (Wildman–Crippen MR) is 71.3 cm³/mol. The number of aliphatic hydroxyl groups is 1. The monoisotopic (exact) mass is 264 g/mol. The molecular formula is C13H16N2O2S. The first-order chi connectivity index (χ1) is 8.78. The molecule has 1 aliphatic carbocycles. The second-order valence-electron chi connectivity index (χ2n) is 4.22. The highest BCUT2D eigenvalue weighted by molar-refractivity contribution is 7.10. The highest BCUT2D eigenvalue weighted by atomic mass is 32.1. The van der Waals surface area contributed by atoms with Crippen LogP contribution in [0.4, 0.5) is 4.79 Å². The zero-order chi connectivity index (χ0) is 12.8. The van der Waals surface area contributed by atoms with Gasteiger partial charge in [-0.3, -0.25) is 0 Å². The molecule has 0 aliphatic heterocycles. The van der Waals surface area contributed by atoms with Crippen molar-refractivity contribution >= 4 is 17.4 Å². The average Bonchev–Trinajstić information content (AvgIpc) is 2.76. The van der Waals surface area contributed by atoms with Gasteiger partial charge in [-0.15, -0.1) is 11.3 Å². The number of hydrogen-bond donors (Lipinski definition) is 3. The van der Waals surface area contributed by atoms with Crippen LogP contribution >= 0.6 is 11.3 Å². The topological polar surface area (TPSA) is 61.4 Å². The summed E-state index contributed by atoms with van der Waals surface area (Å²) in [5, 5.41) is 16.3. The Morgan fingerprint density at radius 2 is 2.39 bits per heavy atom. The first kappa shape index (κ1) is 12.9. The SMILES string of the molecule is O=C(NCc1cc(C#CCO)cs1)NC1CCC1. The summed E-state index contributed by atoms with van der Waals surface area (Å²) in [7, 11) is 0. The fourth-order valence-electron chi connectivity index (χ4n) is 1.64. The van der Waals surface area contributed by atoms with Gasteiger partial charge in [-0.05, 0) is 25.3 Å². The highest BCUT2D eigenvalue weighted by Gasteiger charge is 2.18. The summed E-state index contributed by atoms with van der Waals surface area (Å²) in [5.41, 5.74) is 0.880. The summed E-state index contributed by atoms with van der Waals surface area (Å²) in [6.07, 6.45) is 3.39. The number of rotatable bonds is 3. The lowest BCUT2D eigenvalue weighted by molar-refractivity contribution is 0.228. The first-order valence-electron chi connectivity index (χ1n) is 5.99. The predicted octanol–water partition coefficient (Wildman–Crippen LogP) is 1.44. The van der Waals surface area contributed by atoms with Crippen molar-refractivity contribution in [2.75, 3.05) is 6.61 Å². The molecule has 0 radical (unpaired) electrons. The maximum Gasteiger partial charge on any atom is 0.315 e. The van der Waals surface area contributed by atoms with Crippen LogP contribution in [0.5, 0.6) is 0 Å². The second-order valence-corrected chi connectivity index (χ2v) is 5.21. The molecule has 1 saturated carbocycles. The van der Waals surface area contributed by atoms with Crippen molar-refractivity contribution in [3.63, 3.8) is 0 Å². The van der Waals surface area contributed by atoms with Gasteiger partial charge < -0.3 is 15.7 Å². The number of urea groups is 1. The number of amides is 2. The molecule has 3 N–H and O–H groups in total. The molecule has 96 valence electrons. The molecule has 0 atom stereocenters. The third kappa shape index (κ3) is 3.76. The Morgan fingerprint density at radius 3 is 3.06 bits per heavy atom. The zero-order valence-electron chi connectivity index (χ0n) is 10.0. The molecule has 1 aromatic heterocycles. The van der Waals surface area contributed by atoms with Gasteiger partial charge in [-0.1, -0.05) is 11.8 Å². The van der Waals surface area contributed by atoms with Gasteiger partial charge in [-0.2, -0.15) is 0 Å². The van der Waals surface area contributed by atoms with E-state index in [1.165, 1.54) is 6.42 Å². The van der Waals surface area contributed by atoms with Crippen molar-refractivity contribution in [3.8, 4) is 11.8 Å². The minimum Gasteiger partial charge on any atom is -0.384 e. The summed E-state index contributed by atoms with van der Waals surface area (Å²) >= 11 is 1.55. The average molecular weight is 264 g/mol. The summed E-state index contributed by atoms with van der Waals surface area (Å²) in [5.74, 6) is 5.43. The van der Waals surface area contributed by atoms with Gasteiger partial charge in [-0.25, -0.2) is 4.79 Å². The molecule has 0 saturated heterocycles. The Balaban J connectivity index is 1.75. The zero-order valence-corrected chi connectivity index (χ0v) is 10.8. The van der Waals surface area contributed by atoms with E-state index in [4.69, 9.17) is 5.11 Å². The molecule has 2 rings (SSSR count). The molecule has 0 unspecified atom stereocenters. The van der Waals surface area contributed by atoms with E-state index in [-0.39, 0.29) is 12.6 Å². The maximum absolute atomic E-state index is 11.5. The second kappa shape index (κ2) is 6.43. The van der Waals surface area contributed by atoms with Gasteiger partial charge in [0.25, 0.3) is 0 Å². The van der Waals surface area contributed by atoms with Crippen LogP contribution in [0.25, 0.3) is 0 Å². The maximum atomic E-state index is 11.5. The molecular weight excluding hydrogens is 248 g/mol. The molecule has 0 aromatic carbocycles. The lowest BCUT2D eigenvalue weighted by Gasteiger charge is -2.26. The fourth-order valence-corrected chi connectivity index (χ4v) is 2.39. The number of aliphatic hydroxyl groups excluding tert-OH is 1. The quantitative estimate of drug-likeness (QED) is 0.724. The molecule has 1 aromatic rings. The fraction of sp³-hybridized carbons (Fsp3) is 0.462. The van der Waals surface area contributed by atoms with Gasteiger partial charge >= 0.3 is 6.03 Å². The molecule has 4 nitrogen and oxygen atoms in total. The van der Waals surface area contributed by atoms with Gasteiger partial charge in [0.2, 0.25) is 0 Å². The van der Waals surface area contributed by atoms with Crippen molar-refractivity contribution in [1.82, 2.24) is 10.6 Å². The van der Waals surface area contributed by atoms with E-state index in [0.29, 0.717) is 12.6 Å². The van der Waals surface area contributed by atoms with Gasteiger partial charge in [0, 0.05) is 21.9 Å². The summed E-state index contributed by atoms with van der Waals surface area (Å²) in [6, 6.07) is 2.19. The summed E-state index contributed by atoms with van der Waals surface area (Å²) in [6.45, 7) is 0.386. The van der Waals surface area contributed by atoms with Gasteiger partial charge in [0.05, 0.1) is 6.54 Å². The van der Waals surface area contributed by atoms with E-state index < -0.39 is 0 Å². The van der Waals surface area contributed by atoms with Gasteiger partial charge in [0.15, 0.2) is 0 Å². The number of carbonyl (C=O) groups excluding carboxylic acids is 1. The Hall–Kier alpha value is -1.51. The van der Waals surface area contributed by atoms with Crippen molar-refractivity contribution in [3.05, 3.63) is 21.9 Å². The smallest absolute Gasteiger partial charge is 0.315 e. The van der Waals surface area contributed by atoms with Crippen LogP contribution in [0.1, 0.15) is 29.7 Å². The Labute approximate surface area is 110 Å². The molecule has 18 heavy (non-hydrogen) atoms. The van der Waals surface area contributed by atoms with Crippen LogP contribution in [0.3, 0.4) is 0 Å². The summed E-state index contributed by atoms with van der Waals surface area (Å²) < 4.78 is 0. The number of nitrogens with one attached hydrogen (secondary N) is 2. The number of hydrogen-bond acceptors (Lipinski definition) is 3. The van der Waals surface area contributed by atoms with E-state index in [2.05, 4.69) is 22.5 Å². The minimum atomic E-state index is -0.132. The highest BCUT2D eigenvalue weighted by Crippen LogP contribution is 2.18. The van der Waals surface area contributed by atoms with Crippen LogP contribution in [-0.4, -0.2) is 23.8 Å². The molecule has 5 heteroatoms. The third-order valence-corrected chi connectivity index (χ3v) is 3.77. The van der Waals surface area contributed by atoms with Crippen LogP contribution in [-0.2, 0) is 6.54 Å². The van der Waals surface area contributed by atoms with E-state index in [1.54, 1.807) is 11.3 Å². The molecule has 1 heterocycles. The molecule has 1 fully saturated rings. The molecule has 0 bridgehead atoms. The van der Waals surface area contributed by atoms with E-state index in [0.717, 1.165) is 23.3 Å². The van der Waals surface area contributed by atoms with Crippen LogP contribution in [0.15, 0.2) is 11.4 Å².